The minimum Gasteiger partial charge on any atom is -0.382 e. The molecule has 112 valence electrons. The second-order valence-electron chi connectivity index (χ2n) is 4.60. The molecule has 0 bridgehead atoms. The van der Waals surface area contributed by atoms with Crippen molar-refractivity contribution in [3.05, 3.63) is 40.7 Å². The van der Waals surface area contributed by atoms with Crippen molar-refractivity contribution in [2.24, 2.45) is 10.8 Å². The van der Waals surface area contributed by atoms with Gasteiger partial charge in [-0.15, -0.1) is 0 Å². The number of hydrazone groups is 1. The van der Waals surface area contributed by atoms with Crippen molar-refractivity contribution in [1.29, 1.82) is 10.7 Å². The van der Waals surface area contributed by atoms with Gasteiger partial charge in [-0.05, 0) is 38.1 Å². The van der Waals surface area contributed by atoms with Gasteiger partial charge in [0.05, 0.1) is 22.1 Å². The number of hydrogen-bond acceptors (Lipinski definition) is 5. The Hall–Kier alpha value is -2.85. The minimum atomic E-state index is -0.402. The Morgan fingerprint density at radius 3 is 2.68 bits per heavy atom. The topological polar surface area (TPSA) is 116 Å². The molecule has 2 aromatic rings. The number of nitrogens with one attached hydrogen (secondary N) is 2. The van der Waals surface area contributed by atoms with E-state index in [1.54, 1.807) is 29.0 Å². The van der Waals surface area contributed by atoms with Crippen molar-refractivity contribution in [3.8, 4) is 11.8 Å². The predicted molar refractivity (Wildman–Crippen MR) is 86.6 cm³/mol. The van der Waals surface area contributed by atoms with E-state index in [9.17, 15) is 0 Å². The molecule has 2 rings (SSSR count). The highest BCUT2D eigenvalue weighted by atomic mass is 35.5. The highest BCUT2D eigenvalue weighted by Crippen LogP contribution is 2.25. The fourth-order valence-corrected chi connectivity index (χ4v) is 2.15. The van der Waals surface area contributed by atoms with Crippen LogP contribution >= 0.6 is 11.6 Å². The van der Waals surface area contributed by atoms with Gasteiger partial charge in [-0.3, -0.25) is 10.8 Å². The van der Waals surface area contributed by atoms with Crippen molar-refractivity contribution in [1.82, 2.24) is 9.78 Å². The number of amidine groups is 1. The van der Waals surface area contributed by atoms with E-state index >= 15 is 0 Å². The Morgan fingerprint density at radius 2 is 2.18 bits per heavy atom. The summed E-state index contributed by atoms with van der Waals surface area (Å²) in [5, 5.41) is 24.6. The maximum Gasteiger partial charge on any atom is 0.201 e. The zero-order chi connectivity index (χ0) is 16.3. The third-order valence-corrected chi connectivity index (χ3v) is 3.15. The molecule has 0 aliphatic rings. The number of benzene rings is 1. The Bertz CT molecular complexity index is 798. The Balaban J connectivity index is 2.29. The second-order valence-corrected chi connectivity index (χ2v) is 5.01. The quantitative estimate of drug-likeness (QED) is 0.456. The van der Waals surface area contributed by atoms with Crippen LogP contribution in [0.4, 0.5) is 5.69 Å². The van der Waals surface area contributed by atoms with Crippen molar-refractivity contribution >= 4 is 28.8 Å². The molecular formula is C14H14ClN7. The first-order chi connectivity index (χ1) is 10.4. The standard InChI is InChI=1S/C14H14ClN7/c1-8-5-9(2)22(21-8)13-4-3-10(6-11(13)15)19-20-12(7-16)14(17)18/h3-6,19H,1-2H3,(H3,17,18)/b20-12+. The summed E-state index contributed by atoms with van der Waals surface area (Å²) in [5.74, 6) is -0.402. The number of aromatic nitrogens is 2. The van der Waals surface area contributed by atoms with E-state index in [-0.39, 0.29) is 5.71 Å². The number of nitrogens with two attached hydrogens (primary N) is 1. The van der Waals surface area contributed by atoms with Gasteiger partial charge in [0.25, 0.3) is 0 Å². The van der Waals surface area contributed by atoms with E-state index in [2.05, 4.69) is 15.6 Å². The van der Waals surface area contributed by atoms with Crippen LogP contribution in [0, 0.1) is 30.6 Å². The summed E-state index contributed by atoms with van der Waals surface area (Å²) >= 11 is 6.28. The fourth-order valence-electron chi connectivity index (χ4n) is 1.89. The molecule has 1 aromatic carbocycles. The predicted octanol–water partition coefficient (Wildman–Crippen LogP) is 2.37. The van der Waals surface area contributed by atoms with Gasteiger partial charge in [0.1, 0.15) is 6.07 Å². The summed E-state index contributed by atoms with van der Waals surface area (Å²) < 4.78 is 1.75. The average Bonchev–Trinajstić information content (AvgIpc) is 2.78. The number of halogens is 1. The first-order valence-corrected chi connectivity index (χ1v) is 6.71. The molecule has 0 unspecified atom stereocenters. The van der Waals surface area contributed by atoms with Gasteiger partial charge in [-0.2, -0.15) is 15.5 Å². The van der Waals surface area contributed by atoms with Crippen LogP contribution in [0.3, 0.4) is 0 Å². The number of hydrogen-bond donors (Lipinski definition) is 3. The van der Waals surface area contributed by atoms with Crippen molar-refractivity contribution in [2.45, 2.75) is 13.8 Å². The number of anilines is 1. The molecule has 1 aromatic heterocycles. The van der Waals surface area contributed by atoms with Gasteiger partial charge in [-0.25, -0.2) is 4.68 Å². The van der Waals surface area contributed by atoms with E-state index in [1.165, 1.54) is 0 Å². The summed E-state index contributed by atoms with van der Waals surface area (Å²) in [6.07, 6.45) is 0. The zero-order valence-corrected chi connectivity index (χ0v) is 12.8. The minimum absolute atomic E-state index is 0.196. The van der Waals surface area contributed by atoms with Crippen molar-refractivity contribution < 1.29 is 0 Å². The van der Waals surface area contributed by atoms with Crippen LogP contribution in [0.25, 0.3) is 5.69 Å². The lowest BCUT2D eigenvalue weighted by atomic mass is 10.2. The summed E-state index contributed by atoms with van der Waals surface area (Å²) in [5.41, 5.74) is 10.9. The first-order valence-electron chi connectivity index (χ1n) is 6.33. The summed E-state index contributed by atoms with van der Waals surface area (Å²) in [6, 6.07) is 8.88. The van der Waals surface area contributed by atoms with E-state index in [0.29, 0.717) is 10.7 Å². The molecule has 0 saturated carbocycles. The molecule has 4 N–H and O–H groups in total. The van der Waals surface area contributed by atoms with Crippen molar-refractivity contribution in [2.75, 3.05) is 5.43 Å². The lowest BCUT2D eigenvalue weighted by Crippen LogP contribution is -2.21. The third-order valence-electron chi connectivity index (χ3n) is 2.84. The van der Waals surface area contributed by atoms with Crippen LogP contribution in [-0.2, 0) is 0 Å². The van der Waals surface area contributed by atoms with E-state index in [0.717, 1.165) is 17.1 Å². The summed E-state index contributed by atoms with van der Waals surface area (Å²) in [4.78, 5) is 0. The van der Waals surface area contributed by atoms with Crippen LogP contribution < -0.4 is 11.2 Å². The van der Waals surface area contributed by atoms with Crippen molar-refractivity contribution in [3.63, 3.8) is 0 Å². The van der Waals surface area contributed by atoms with E-state index in [4.69, 9.17) is 28.0 Å². The third kappa shape index (κ3) is 3.24. The molecule has 22 heavy (non-hydrogen) atoms. The molecule has 0 fully saturated rings. The zero-order valence-electron chi connectivity index (χ0n) is 12.1. The van der Waals surface area contributed by atoms with Gasteiger partial charge in [0, 0.05) is 5.69 Å². The SMILES string of the molecule is Cc1cc(C)n(-c2ccc(N/N=C(\C#N)C(=N)N)cc2Cl)n1. The number of nitrogens with zero attached hydrogens (tertiary/aromatic N) is 4. The molecule has 0 spiro atoms. The molecular weight excluding hydrogens is 302 g/mol. The smallest absolute Gasteiger partial charge is 0.201 e. The van der Waals surface area contributed by atoms with E-state index in [1.807, 2.05) is 19.9 Å². The highest BCUT2D eigenvalue weighted by molar-refractivity contribution is 6.45. The molecule has 7 nitrogen and oxygen atoms in total. The molecule has 0 amide bonds. The monoisotopic (exact) mass is 315 g/mol. The molecule has 0 aliphatic heterocycles. The number of rotatable bonds is 4. The molecule has 1 heterocycles. The van der Waals surface area contributed by atoms with Crippen LogP contribution in [0.2, 0.25) is 5.02 Å². The van der Waals surface area contributed by atoms with Crippen LogP contribution in [0.15, 0.2) is 29.4 Å². The van der Waals surface area contributed by atoms with E-state index < -0.39 is 5.84 Å². The van der Waals surface area contributed by atoms with Crippen LogP contribution in [0.1, 0.15) is 11.4 Å². The van der Waals surface area contributed by atoms with Gasteiger partial charge in [-0.1, -0.05) is 11.6 Å². The lowest BCUT2D eigenvalue weighted by Gasteiger charge is -2.09. The molecule has 0 atom stereocenters. The Labute approximate surface area is 132 Å². The Kier molecular flexibility index (Phi) is 4.44. The van der Waals surface area contributed by atoms with Gasteiger partial charge in [0.15, 0.2) is 5.84 Å². The maximum absolute atomic E-state index is 8.78. The van der Waals surface area contributed by atoms with Gasteiger partial charge >= 0.3 is 0 Å². The molecule has 0 saturated heterocycles. The maximum atomic E-state index is 8.78. The lowest BCUT2D eigenvalue weighted by molar-refractivity contribution is 0.834. The second kappa shape index (κ2) is 6.28. The fraction of sp³-hybridized carbons (Fsp3) is 0.143. The summed E-state index contributed by atoms with van der Waals surface area (Å²) in [7, 11) is 0. The number of nitriles is 1. The first kappa shape index (κ1) is 15.5. The normalized spacial score (nSPS) is 11.1. The van der Waals surface area contributed by atoms with Crippen LogP contribution in [-0.4, -0.2) is 21.3 Å². The molecule has 0 radical (unpaired) electrons. The number of aryl methyl sites for hydroxylation is 2. The molecule has 0 aliphatic carbocycles. The largest absolute Gasteiger partial charge is 0.382 e. The Morgan fingerprint density at radius 1 is 1.45 bits per heavy atom. The average molecular weight is 316 g/mol. The molecule has 8 heteroatoms. The van der Waals surface area contributed by atoms with Gasteiger partial charge < -0.3 is 5.73 Å². The summed E-state index contributed by atoms with van der Waals surface area (Å²) in [6.45, 7) is 3.85. The van der Waals surface area contributed by atoms with Crippen LogP contribution in [0.5, 0.6) is 0 Å². The highest BCUT2D eigenvalue weighted by Gasteiger charge is 2.09. The van der Waals surface area contributed by atoms with Gasteiger partial charge in [0.2, 0.25) is 5.71 Å².